The van der Waals surface area contributed by atoms with Crippen LogP contribution in [-0.2, 0) is 0 Å². The molecular weight excluding hydrogens is 194 g/mol. The molecule has 1 aliphatic heterocycles. The Hall–Kier alpha value is -1.00. The molecule has 0 atom stereocenters. The largest absolute Gasteiger partial charge is 0.330 e. The second-order valence-corrected chi connectivity index (χ2v) is 3.24. The zero-order valence-corrected chi connectivity index (χ0v) is 7.59. The normalized spacial score (nSPS) is 13.9. The molecule has 0 saturated heterocycles. The van der Waals surface area contributed by atoms with Crippen molar-refractivity contribution in [2.75, 3.05) is 10.7 Å². The van der Waals surface area contributed by atoms with Gasteiger partial charge in [-0.1, -0.05) is 11.6 Å². The molecule has 1 heterocycles. The van der Waals surface area contributed by atoms with E-state index in [1.807, 2.05) is 18.2 Å². The summed E-state index contributed by atoms with van der Waals surface area (Å²) in [4.78, 5) is 0. The number of hydrazine groups is 1. The zero-order chi connectivity index (χ0) is 8.55. The summed E-state index contributed by atoms with van der Waals surface area (Å²) in [6, 6.07) is 5.50. The van der Waals surface area contributed by atoms with Crippen LogP contribution in [0.3, 0.4) is 0 Å². The summed E-state index contributed by atoms with van der Waals surface area (Å²) >= 11 is 10.7. The highest BCUT2D eigenvalue weighted by Crippen LogP contribution is 2.26. The van der Waals surface area contributed by atoms with E-state index in [-0.39, 0.29) is 0 Å². The number of nitrogens with one attached hydrogen (secondary N) is 3. The third kappa shape index (κ3) is 1.31. The van der Waals surface area contributed by atoms with Crippen LogP contribution in [-0.4, -0.2) is 5.11 Å². The second kappa shape index (κ2) is 2.80. The van der Waals surface area contributed by atoms with E-state index in [4.69, 9.17) is 23.8 Å². The quantitative estimate of drug-likeness (QED) is 0.559. The second-order valence-electron chi connectivity index (χ2n) is 2.39. The summed E-state index contributed by atoms with van der Waals surface area (Å²) in [5, 5.41) is 4.24. The maximum Gasteiger partial charge on any atom is 0.189 e. The fourth-order valence-electron chi connectivity index (χ4n) is 1.01. The molecule has 0 bridgehead atoms. The standard InChI is InChI=1S/C7H6ClN3S/c8-4-1-2-5-6(3-4)10-11-7(12)9-5/h1-3,10H,(H2,9,11,12). The topological polar surface area (TPSA) is 36.1 Å². The molecular formula is C7H6ClN3S. The number of hydrogen-bond donors (Lipinski definition) is 3. The Labute approximate surface area is 80.1 Å². The Kier molecular flexibility index (Phi) is 1.78. The third-order valence-corrected chi connectivity index (χ3v) is 1.98. The summed E-state index contributed by atoms with van der Waals surface area (Å²) in [5.41, 5.74) is 7.52. The van der Waals surface area contributed by atoms with Crippen LogP contribution in [0.25, 0.3) is 0 Å². The van der Waals surface area contributed by atoms with Gasteiger partial charge >= 0.3 is 0 Å². The first-order valence-electron chi connectivity index (χ1n) is 3.38. The number of halogens is 1. The van der Waals surface area contributed by atoms with Crippen LogP contribution in [0.1, 0.15) is 0 Å². The van der Waals surface area contributed by atoms with Crippen LogP contribution < -0.4 is 16.2 Å². The van der Waals surface area contributed by atoms with Crippen LogP contribution in [0.2, 0.25) is 5.02 Å². The maximum absolute atomic E-state index is 5.78. The number of rotatable bonds is 0. The van der Waals surface area contributed by atoms with Crippen LogP contribution >= 0.6 is 23.8 Å². The number of hydrogen-bond acceptors (Lipinski definition) is 2. The Morgan fingerprint density at radius 2 is 2.00 bits per heavy atom. The fourth-order valence-corrected chi connectivity index (χ4v) is 1.34. The number of fused-ring (bicyclic) bond motifs is 1. The minimum atomic E-state index is 0.560. The highest BCUT2D eigenvalue weighted by Gasteiger charge is 2.09. The summed E-state index contributed by atoms with van der Waals surface area (Å²) in [7, 11) is 0. The van der Waals surface area contributed by atoms with Gasteiger partial charge < -0.3 is 5.32 Å². The SMILES string of the molecule is S=C1NNc2cc(Cl)ccc2N1. The van der Waals surface area contributed by atoms with E-state index in [0.717, 1.165) is 11.4 Å². The van der Waals surface area contributed by atoms with E-state index in [1.54, 1.807) is 0 Å². The third-order valence-electron chi connectivity index (χ3n) is 1.54. The van der Waals surface area contributed by atoms with E-state index >= 15 is 0 Å². The van der Waals surface area contributed by atoms with E-state index < -0.39 is 0 Å². The molecule has 0 aromatic heterocycles. The van der Waals surface area contributed by atoms with Crippen molar-refractivity contribution in [2.24, 2.45) is 0 Å². The monoisotopic (exact) mass is 199 g/mol. The van der Waals surface area contributed by atoms with E-state index in [9.17, 15) is 0 Å². The molecule has 1 aromatic carbocycles. The lowest BCUT2D eigenvalue weighted by atomic mass is 10.2. The molecule has 0 spiro atoms. The first-order valence-corrected chi connectivity index (χ1v) is 4.17. The Morgan fingerprint density at radius 3 is 2.83 bits per heavy atom. The molecule has 62 valence electrons. The van der Waals surface area contributed by atoms with Gasteiger partial charge in [-0.2, -0.15) is 0 Å². The minimum absolute atomic E-state index is 0.560. The van der Waals surface area contributed by atoms with Crippen molar-refractivity contribution in [3.05, 3.63) is 23.2 Å². The lowest BCUT2D eigenvalue weighted by Gasteiger charge is -2.21. The molecule has 0 amide bonds. The average Bonchev–Trinajstić information content (AvgIpc) is 2.05. The Bertz CT molecular complexity index is 339. The van der Waals surface area contributed by atoms with Crippen molar-refractivity contribution in [3.63, 3.8) is 0 Å². The maximum atomic E-state index is 5.78. The van der Waals surface area contributed by atoms with Gasteiger partial charge in [0.15, 0.2) is 5.11 Å². The highest BCUT2D eigenvalue weighted by molar-refractivity contribution is 7.80. The van der Waals surface area contributed by atoms with Crippen molar-refractivity contribution in [1.29, 1.82) is 0 Å². The van der Waals surface area contributed by atoms with E-state index in [1.165, 1.54) is 0 Å². The predicted octanol–water partition coefficient (Wildman–Crippen LogP) is 1.97. The highest BCUT2D eigenvalue weighted by atomic mass is 35.5. The van der Waals surface area contributed by atoms with Crippen LogP contribution in [0.5, 0.6) is 0 Å². The summed E-state index contributed by atoms with van der Waals surface area (Å²) in [6.45, 7) is 0. The minimum Gasteiger partial charge on any atom is -0.330 e. The van der Waals surface area contributed by atoms with Gasteiger partial charge in [0.25, 0.3) is 0 Å². The first kappa shape index (κ1) is 7.64. The molecule has 3 N–H and O–H groups in total. The van der Waals surface area contributed by atoms with Gasteiger partial charge in [-0.3, -0.25) is 10.9 Å². The first-order chi connectivity index (χ1) is 5.75. The van der Waals surface area contributed by atoms with Crippen molar-refractivity contribution >= 4 is 40.3 Å². The average molecular weight is 200 g/mol. The Balaban J connectivity index is 2.43. The van der Waals surface area contributed by atoms with Crippen LogP contribution in [0.15, 0.2) is 18.2 Å². The van der Waals surface area contributed by atoms with Gasteiger partial charge in [-0.25, -0.2) is 0 Å². The molecule has 0 unspecified atom stereocenters. The zero-order valence-electron chi connectivity index (χ0n) is 6.02. The molecule has 5 heteroatoms. The molecule has 0 saturated carbocycles. The van der Waals surface area contributed by atoms with E-state index in [0.29, 0.717) is 10.1 Å². The molecule has 2 rings (SSSR count). The summed E-state index contributed by atoms with van der Waals surface area (Å²) < 4.78 is 0. The molecule has 1 aromatic rings. The lowest BCUT2D eigenvalue weighted by Crippen LogP contribution is -2.37. The molecule has 3 nitrogen and oxygen atoms in total. The smallest absolute Gasteiger partial charge is 0.189 e. The number of anilines is 2. The molecule has 0 aliphatic carbocycles. The van der Waals surface area contributed by atoms with Gasteiger partial charge in [0.1, 0.15) is 0 Å². The van der Waals surface area contributed by atoms with Crippen molar-refractivity contribution in [1.82, 2.24) is 5.43 Å². The Morgan fingerprint density at radius 1 is 1.17 bits per heavy atom. The molecule has 0 fully saturated rings. The lowest BCUT2D eigenvalue weighted by molar-refractivity contribution is 1.12. The van der Waals surface area contributed by atoms with E-state index in [2.05, 4.69) is 16.2 Å². The van der Waals surface area contributed by atoms with Gasteiger partial charge in [-0.15, -0.1) is 0 Å². The van der Waals surface area contributed by atoms with Gasteiger partial charge in [0.05, 0.1) is 11.4 Å². The van der Waals surface area contributed by atoms with Crippen LogP contribution in [0.4, 0.5) is 11.4 Å². The molecule has 12 heavy (non-hydrogen) atoms. The molecule has 1 aliphatic rings. The van der Waals surface area contributed by atoms with Crippen molar-refractivity contribution < 1.29 is 0 Å². The van der Waals surface area contributed by atoms with Gasteiger partial charge in [0, 0.05) is 5.02 Å². The fraction of sp³-hybridized carbons (Fsp3) is 0. The number of benzene rings is 1. The van der Waals surface area contributed by atoms with Gasteiger partial charge in [0.2, 0.25) is 0 Å². The molecule has 0 radical (unpaired) electrons. The predicted molar refractivity (Wildman–Crippen MR) is 54.4 cm³/mol. The van der Waals surface area contributed by atoms with Crippen molar-refractivity contribution in [3.8, 4) is 0 Å². The van der Waals surface area contributed by atoms with Gasteiger partial charge in [-0.05, 0) is 30.4 Å². The summed E-state index contributed by atoms with van der Waals surface area (Å²) in [6.07, 6.45) is 0. The van der Waals surface area contributed by atoms with Crippen molar-refractivity contribution in [2.45, 2.75) is 0 Å². The number of thiocarbonyl (C=S) groups is 1. The van der Waals surface area contributed by atoms with Crippen LogP contribution in [0, 0.1) is 0 Å². The summed E-state index contributed by atoms with van der Waals surface area (Å²) in [5.74, 6) is 0.